The van der Waals surface area contributed by atoms with E-state index in [0.29, 0.717) is 5.69 Å². The lowest BCUT2D eigenvalue weighted by Crippen LogP contribution is -1.94. The molecule has 0 amide bonds. The summed E-state index contributed by atoms with van der Waals surface area (Å²) in [5.74, 6) is 0. The molecule has 0 aliphatic heterocycles. The van der Waals surface area contributed by atoms with Gasteiger partial charge in [-0.2, -0.15) is 0 Å². The molecule has 6 heteroatoms. The van der Waals surface area contributed by atoms with Crippen LogP contribution >= 0.6 is 0 Å². The second kappa shape index (κ2) is 12.2. The fourth-order valence-corrected chi connectivity index (χ4v) is 6.72. The van der Waals surface area contributed by atoms with Crippen LogP contribution in [0.25, 0.3) is 93.3 Å². The molecule has 0 aliphatic carbocycles. The summed E-state index contributed by atoms with van der Waals surface area (Å²) in [6.07, 6.45) is 10.9. The molecule has 0 N–H and O–H groups in total. The predicted octanol–water partition coefficient (Wildman–Crippen LogP) is 11.0. The van der Waals surface area contributed by atoms with Gasteiger partial charge >= 0.3 is 0 Å². The quantitative estimate of drug-likeness (QED) is 0.139. The summed E-state index contributed by atoms with van der Waals surface area (Å²) in [6.45, 7) is 7.26. The first-order valence-corrected chi connectivity index (χ1v) is 16.2. The normalized spacial score (nSPS) is 11.2. The lowest BCUT2D eigenvalue weighted by atomic mass is 9.90. The molecule has 9 aromatic rings. The number of aromatic nitrogens is 5. The van der Waals surface area contributed by atoms with Crippen LogP contribution in [0.1, 0.15) is 0 Å². The predicted molar refractivity (Wildman–Crippen MR) is 201 cm³/mol. The van der Waals surface area contributed by atoms with E-state index in [1.54, 1.807) is 12.4 Å². The standard InChI is InChI=1S/C44H26N6/c1-45-34-16-14-29(15-17-34)28-10-12-30(13-11-28)37-24-39-36-9-5-21-49-44(36)38(25-40(39)35-8-4-20-48-43(35)37)33-22-41(31-6-2-18-46-26-31)50-42(23-33)32-7-3-19-47-27-32/h2-27H. The minimum atomic E-state index is 0.635. The van der Waals surface area contributed by atoms with Gasteiger partial charge in [0, 0.05) is 70.2 Å². The minimum Gasteiger partial charge on any atom is -0.264 e. The molecule has 0 aliphatic rings. The first kappa shape index (κ1) is 29.1. The maximum Gasteiger partial charge on any atom is 0.187 e. The number of hydrogen-bond acceptors (Lipinski definition) is 5. The Bertz CT molecular complexity index is 2680. The molecule has 6 nitrogen and oxygen atoms in total. The Balaban J connectivity index is 1.26. The van der Waals surface area contributed by atoms with E-state index in [1.807, 2.05) is 85.5 Å². The van der Waals surface area contributed by atoms with Crippen LogP contribution in [-0.4, -0.2) is 24.9 Å². The van der Waals surface area contributed by atoms with Crippen LogP contribution in [0.5, 0.6) is 0 Å². The van der Waals surface area contributed by atoms with Crippen molar-refractivity contribution in [2.75, 3.05) is 0 Å². The SMILES string of the molecule is [C-]#[N+]c1ccc(-c2ccc(-c3cc4c5cccnc5c(-c5cc(-c6cccnc6)nc(-c6cccnc6)c5)cc4c4cccnc34)cc2)cc1. The lowest BCUT2D eigenvalue weighted by molar-refractivity contribution is 1.26. The van der Waals surface area contributed by atoms with Gasteiger partial charge in [-0.05, 0) is 93.7 Å². The molecule has 0 atom stereocenters. The van der Waals surface area contributed by atoms with Gasteiger partial charge in [0.2, 0.25) is 0 Å². The van der Waals surface area contributed by atoms with E-state index >= 15 is 0 Å². The van der Waals surface area contributed by atoms with Crippen LogP contribution in [0.3, 0.4) is 0 Å². The molecule has 5 aromatic heterocycles. The van der Waals surface area contributed by atoms with E-state index in [9.17, 15) is 0 Å². The largest absolute Gasteiger partial charge is 0.264 e. The van der Waals surface area contributed by atoms with Crippen molar-refractivity contribution in [2.24, 2.45) is 0 Å². The van der Waals surface area contributed by atoms with E-state index in [4.69, 9.17) is 21.5 Å². The molecular weight excluding hydrogens is 613 g/mol. The summed E-state index contributed by atoms with van der Waals surface area (Å²) in [7, 11) is 0. The van der Waals surface area contributed by atoms with Crippen molar-refractivity contribution in [3.05, 3.63) is 170 Å². The van der Waals surface area contributed by atoms with Crippen molar-refractivity contribution in [1.29, 1.82) is 0 Å². The molecule has 0 radical (unpaired) electrons. The van der Waals surface area contributed by atoms with Crippen LogP contribution in [0.15, 0.2) is 159 Å². The maximum atomic E-state index is 7.26. The van der Waals surface area contributed by atoms with Crippen molar-refractivity contribution >= 4 is 38.3 Å². The zero-order chi connectivity index (χ0) is 33.4. The molecular formula is C44H26N6. The second-order valence-electron chi connectivity index (χ2n) is 12.1. The molecule has 0 unspecified atom stereocenters. The van der Waals surface area contributed by atoms with Crippen molar-refractivity contribution < 1.29 is 0 Å². The number of rotatable bonds is 5. The van der Waals surface area contributed by atoms with Gasteiger partial charge < -0.3 is 0 Å². The van der Waals surface area contributed by atoms with E-state index in [-0.39, 0.29) is 0 Å². The Morgan fingerprint density at radius 1 is 0.420 bits per heavy atom. The third kappa shape index (κ3) is 5.11. The molecule has 4 aromatic carbocycles. The molecule has 5 heterocycles. The molecule has 232 valence electrons. The summed E-state index contributed by atoms with van der Waals surface area (Å²) in [6, 6.07) is 41.3. The Labute approximate surface area is 288 Å². The topological polar surface area (TPSA) is 68.8 Å². The van der Waals surface area contributed by atoms with Gasteiger partial charge in [-0.25, -0.2) is 9.83 Å². The fourth-order valence-electron chi connectivity index (χ4n) is 6.72. The van der Waals surface area contributed by atoms with Crippen LogP contribution in [-0.2, 0) is 0 Å². The van der Waals surface area contributed by atoms with Gasteiger partial charge in [0.1, 0.15) is 0 Å². The highest BCUT2D eigenvalue weighted by atomic mass is 14.7. The average molecular weight is 639 g/mol. The van der Waals surface area contributed by atoms with Crippen molar-refractivity contribution in [3.8, 4) is 55.9 Å². The van der Waals surface area contributed by atoms with Crippen LogP contribution in [0.4, 0.5) is 5.69 Å². The first-order valence-electron chi connectivity index (χ1n) is 16.2. The molecule has 9 rings (SSSR count). The van der Waals surface area contributed by atoms with Crippen LogP contribution in [0.2, 0.25) is 0 Å². The zero-order valence-electron chi connectivity index (χ0n) is 26.7. The summed E-state index contributed by atoms with van der Waals surface area (Å²) >= 11 is 0. The lowest BCUT2D eigenvalue weighted by Gasteiger charge is -2.16. The number of benzene rings is 4. The third-order valence-corrected chi connectivity index (χ3v) is 9.15. The van der Waals surface area contributed by atoms with E-state index in [1.165, 1.54) is 0 Å². The highest BCUT2D eigenvalue weighted by Crippen LogP contribution is 2.42. The second-order valence-corrected chi connectivity index (χ2v) is 12.1. The van der Waals surface area contributed by atoms with Gasteiger partial charge in [0.15, 0.2) is 5.69 Å². The molecule has 0 fully saturated rings. The molecule has 0 saturated carbocycles. The zero-order valence-corrected chi connectivity index (χ0v) is 26.7. The van der Waals surface area contributed by atoms with Gasteiger partial charge in [-0.15, -0.1) is 0 Å². The molecule has 0 saturated heterocycles. The highest BCUT2D eigenvalue weighted by molar-refractivity contribution is 6.22. The van der Waals surface area contributed by atoms with Crippen LogP contribution < -0.4 is 0 Å². The smallest absolute Gasteiger partial charge is 0.187 e. The maximum absolute atomic E-state index is 7.26. The van der Waals surface area contributed by atoms with E-state index in [0.717, 1.165) is 88.5 Å². The van der Waals surface area contributed by atoms with Gasteiger partial charge in [-0.3, -0.25) is 19.9 Å². The molecule has 0 spiro atoms. The fraction of sp³-hybridized carbons (Fsp3) is 0. The first-order chi connectivity index (χ1) is 24.7. The molecule has 0 bridgehead atoms. The highest BCUT2D eigenvalue weighted by Gasteiger charge is 2.18. The van der Waals surface area contributed by atoms with E-state index < -0.39 is 0 Å². The summed E-state index contributed by atoms with van der Waals surface area (Å²) < 4.78 is 0. The van der Waals surface area contributed by atoms with Gasteiger partial charge in [-0.1, -0.05) is 60.7 Å². The summed E-state index contributed by atoms with van der Waals surface area (Å²) in [4.78, 5) is 27.2. The Morgan fingerprint density at radius 2 is 0.900 bits per heavy atom. The van der Waals surface area contributed by atoms with Crippen LogP contribution in [0, 0.1) is 6.57 Å². The average Bonchev–Trinajstić information content (AvgIpc) is 3.21. The van der Waals surface area contributed by atoms with E-state index in [2.05, 4.69) is 75.5 Å². The Morgan fingerprint density at radius 3 is 1.40 bits per heavy atom. The van der Waals surface area contributed by atoms with Crippen molar-refractivity contribution in [1.82, 2.24) is 24.9 Å². The monoisotopic (exact) mass is 638 g/mol. The van der Waals surface area contributed by atoms with Crippen molar-refractivity contribution in [2.45, 2.75) is 0 Å². The van der Waals surface area contributed by atoms with Gasteiger partial charge in [0.25, 0.3) is 0 Å². The minimum absolute atomic E-state index is 0.635. The number of hydrogen-bond donors (Lipinski definition) is 0. The Hall–Kier alpha value is -7.10. The number of fused-ring (bicyclic) bond motifs is 5. The van der Waals surface area contributed by atoms with Gasteiger partial charge in [0.05, 0.1) is 29.0 Å². The summed E-state index contributed by atoms with van der Waals surface area (Å²) in [5, 5.41) is 4.35. The third-order valence-electron chi connectivity index (χ3n) is 9.15. The number of pyridine rings is 5. The Kier molecular flexibility index (Phi) is 7.07. The van der Waals surface area contributed by atoms with Crippen molar-refractivity contribution in [3.63, 3.8) is 0 Å². The number of nitrogens with zero attached hydrogens (tertiary/aromatic N) is 6. The molecule has 50 heavy (non-hydrogen) atoms. The summed E-state index contributed by atoms with van der Waals surface area (Å²) in [5.41, 5.74) is 12.3.